The molecule has 6 heteroatoms. The summed E-state index contributed by atoms with van der Waals surface area (Å²) < 4.78 is 5.44. The molecule has 0 radical (unpaired) electrons. The van der Waals surface area contributed by atoms with Crippen LogP contribution in [-0.4, -0.2) is 25.3 Å². The van der Waals surface area contributed by atoms with Gasteiger partial charge >= 0.3 is 0 Å². The van der Waals surface area contributed by atoms with Crippen LogP contribution in [0.2, 0.25) is 10.0 Å². The van der Waals surface area contributed by atoms with Gasteiger partial charge in [0.25, 0.3) is 5.91 Å². The lowest BCUT2D eigenvalue weighted by molar-refractivity contribution is -0.123. The lowest BCUT2D eigenvalue weighted by Gasteiger charge is -2.09. The molecule has 1 N–H and O–H groups in total. The molecular formula is C17H17Cl2NO2S. The van der Waals surface area contributed by atoms with Gasteiger partial charge in [-0.1, -0.05) is 29.3 Å². The van der Waals surface area contributed by atoms with Crippen molar-refractivity contribution in [3.63, 3.8) is 0 Å². The van der Waals surface area contributed by atoms with Crippen LogP contribution in [0.1, 0.15) is 5.56 Å². The maximum Gasteiger partial charge on any atom is 0.257 e. The van der Waals surface area contributed by atoms with Gasteiger partial charge in [-0.15, -0.1) is 11.8 Å². The second-order valence-corrected chi connectivity index (χ2v) is 6.52. The van der Waals surface area contributed by atoms with Gasteiger partial charge in [-0.25, -0.2) is 0 Å². The molecule has 0 aliphatic carbocycles. The molecule has 0 unspecified atom stereocenters. The normalized spacial score (nSPS) is 10.4. The van der Waals surface area contributed by atoms with E-state index in [0.29, 0.717) is 28.8 Å². The summed E-state index contributed by atoms with van der Waals surface area (Å²) in [6.45, 7) is 0.488. The van der Waals surface area contributed by atoms with Crippen molar-refractivity contribution in [1.82, 2.24) is 5.32 Å². The number of ether oxygens (including phenoxy) is 1. The Morgan fingerprint density at radius 3 is 2.57 bits per heavy atom. The molecule has 2 aromatic carbocycles. The Kier molecular flexibility index (Phi) is 7.09. The Morgan fingerprint density at radius 2 is 1.91 bits per heavy atom. The van der Waals surface area contributed by atoms with Crippen LogP contribution in [-0.2, 0) is 11.2 Å². The van der Waals surface area contributed by atoms with E-state index in [1.54, 1.807) is 23.9 Å². The third kappa shape index (κ3) is 5.98. The zero-order valence-electron chi connectivity index (χ0n) is 12.6. The van der Waals surface area contributed by atoms with E-state index in [1.165, 1.54) is 0 Å². The number of hydrogen-bond acceptors (Lipinski definition) is 3. The average Bonchev–Trinajstić information content (AvgIpc) is 2.55. The molecule has 3 nitrogen and oxygen atoms in total. The molecule has 0 aliphatic heterocycles. The molecule has 0 atom stereocenters. The number of amides is 1. The number of benzene rings is 2. The summed E-state index contributed by atoms with van der Waals surface area (Å²) in [6, 6.07) is 13.0. The highest BCUT2D eigenvalue weighted by molar-refractivity contribution is 7.98. The van der Waals surface area contributed by atoms with Gasteiger partial charge in [0.05, 0.1) is 0 Å². The minimum atomic E-state index is -0.163. The molecule has 0 saturated carbocycles. The summed E-state index contributed by atoms with van der Waals surface area (Å²) in [5, 5.41) is 4.01. The third-order valence-electron chi connectivity index (χ3n) is 3.16. The molecule has 0 aliphatic rings. The predicted octanol–water partition coefficient (Wildman–Crippen LogP) is 4.45. The summed E-state index contributed by atoms with van der Waals surface area (Å²) in [7, 11) is 0. The van der Waals surface area contributed by atoms with Gasteiger partial charge in [-0.2, -0.15) is 0 Å². The van der Waals surface area contributed by atoms with Gasteiger partial charge < -0.3 is 10.1 Å². The monoisotopic (exact) mass is 369 g/mol. The van der Waals surface area contributed by atoms with Gasteiger partial charge in [-0.3, -0.25) is 4.79 Å². The summed E-state index contributed by atoms with van der Waals surface area (Å²) in [5.41, 5.74) is 0.949. The van der Waals surface area contributed by atoms with E-state index < -0.39 is 0 Å². The first-order chi connectivity index (χ1) is 11.1. The first-order valence-electron chi connectivity index (χ1n) is 7.06. The molecule has 23 heavy (non-hydrogen) atoms. The zero-order chi connectivity index (χ0) is 16.7. The minimum absolute atomic E-state index is 0.00698. The number of thioether (sulfide) groups is 1. The van der Waals surface area contributed by atoms with Crippen LogP contribution in [0.15, 0.2) is 47.4 Å². The molecule has 0 spiro atoms. The third-order valence-corrected chi connectivity index (χ3v) is 4.49. The highest BCUT2D eigenvalue weighted by atomic mass is 35.5. The topological polar surface area (TPSA) is 38.3 Å². The van der Waals surface area contributed by atoms with E-state index in [9.17, 15) is 4.79 Å². The minimum Gasteiger partial charge on any atom is -0.484 e. The van der Waals surface area contributed by atoms with Crippen molar-refractivity contribution in [3.8, 4) is 5.75 Å². The lowest BCUT2D eigenvalue weighted by Crippen LogP contribution is -2.30. The second kappa shape index (κ2) is 9.06. The summed E-state index contributed by atoms with van der Waals surface area (Å²) in [5.74, 6) is 0.516. The van der Waals surface area contributed by atoms with E-state index in [-0.39, 0.29) is 12.5 Å². The Balaban J connectivity index is 1.72. The number of carbonyl (C=O) groups excluding carboxylic acids is 1. The van der Waals surface area contributed by atoms with Gasteiger partial charge in [-0.05, 0) is 54.6 Å². The fraction of sp³-hybridized carbons (Fsp3) is 0.235. The quantitative estimate of drug-likeness (QED) is 0.732. The first kappa shape index (κ1) is 18.0. The van der Waals surface area contributed by atoms with Gasteiger partial charge in [0.1, 0.15) is 5.75 Å². The van der Waals surface area contributed by atoms with Crippen LogP contribution in [0.5, 0.6) is 5.75 Å². The number of rotatable bonds is 7. The van der Waals surface area contributed by atoms with Crippen molar-refractivity contribution in [1.29, 1.82) is 0 Å². The fourth-order valence-corrected chi connectivity index (χ4v) is 2.84. The van der Waals surface area contributed by atoms with Gasteiger partial charge in [0.2, 0.25) is 0 Å². The van der Waals surface area contributed by atoms with E-state index in [2.05, 4.69) is 5.32 Å². The molecule has 0 bridgehead atoms. The summed E-state index contributed by atoms with van der Waals surface area (Å²) >= 11 is 13.6. The molecule has 0 heterocycles. The van der Waals surface area contributed by atoms with E-state index in [1.807, 2.05) is 36.6 Å². The molecule has 0 saturated heterocycles. The molecule has 122 valence electrons. The smallest absolute Gasteiger partial charge is 0.257 e. The van der Waals surface area contributed by atoms with Crippen molar-refractivity contribution in [2.75, 3.05) is 19.4 Å². The van der Waals surface area contributed by atoms with Gasteiger partial charge in [0, 0.05) is 21.5 Å². The van der Waals surface area contributed by atoms with Crippen LogP contribution in [0.3, 0.4) is 0 Å². The molecule has 0 aromatic heterocycles. The molecule has 2 aromatic rings. The largest absolute Gasteiger partial charge is 0.484 e. The molecule has 2 rings (SSSR count). The van der Waals surface area contributed by atoms with E-state index in [0.717, 1.165) is 10.5 Å². The predicted molar refractivity (Wildman–Crippen MR) is 96.9 cm³/mol. The number of hydrogen-bond donors (Lipinski definition) is 1. The van der Waals surface area contributed by atoms with Crippen LogP contribution in [0, 0.1) is 0 Å². The van der Waals surface area contributed by atoms with Gasteiger partial charge in [0.15, 0.2) is 6.61 Å². The average molecular weight is 370 g/mol. The molecular weight excluding hydrogens is 353 g/mol. The zero-order valence-corrected chi connectivity index (χ0v) is 15.0. The lowest BCUT2D eigenvalue weighted by atomic mass is 10.1. The van der Waals surface area contributed by atoms with Crippen LogP contribution in [0.25, 0.3) is 0 Å². The highest BCUT2D eigenvalue weighted by Crippen LogP contribution is 2.21. The van der Waals surface area contributed by atoms with Crippen molar-refractivity contribution in [2.24, 2.45) is 0 Å². The standard InChI is InChI=1S/C17H17Cl2NO2S/c1-23-15-6-4-14(5-7-15)22-11-17(21)20-9-8-12-2-3-13(18)10-16(12)19/h2-7,10H,8-9,11H2,1H3,(H,20,21). The van der Waals surface area contributed by atoms with Crippen LogP contribution in [0.4, 0.5) is 0 Å². The van der Waals surface area contributed by atoms with Crippen molar-refractivity contribution < 1.29 is 9.53 Å². The van der Waals surface area contributed by atoms with Crippen LogP contribution < -0.4 is 10.1 Å². The second-order valence-electron chi connectivity index (χ2n) is 4.80. The SMILES string of the molecule is CSc1ccc(OCC(=O)NCCc2ccc(Cl)cc2Cl)cc1. The Labute approximate surface area is 150 Å². The number of carbonyl (C=O) groups is 1. The van der Waals surface area contributed by atoms with E-state index >= 15 is 0 Å². The molecule has 1 amide bonds. The fourth-order valence-electron chi connectivity index (χ4n) is 1.93. The first-order valence-corrected chi connectivity index (χ1v) is 9.04. The Morgan fingerprint density at radius 1 is 1.17 bits per heavy atom. The van der Waals surface area contributed by atoms with Crippen molar-refractivity contribution in [3.05, 3.63) is 58.1 Å². The number of halogens is 2. The maximum atomic E-state index is 11.8. The van der Waals surface area contributed by atoms with Crippen molar-refractivity contribution >= 4 is 40.9 Å². The van der Waals surface area contributed by atoms with E-state index in [4.69, 9.17) is 27.9 Å². The van der Waals surface area contributed by atoms with Crippen molar-refractivity contribution in [2.45, 2.75) is 11.3 Å². The van der Waals surface area contributed by atoms with Crippen LogP contribution >= 0.6 is 35.0 Å². The Bertz CT molecular complexity index is 662. The summed E-state index contributed by atoms with van der Waals surface area (Å²) in [4.78, 5) is 12.9. The number of nitrogens with one attached hydrogen (secondary N) is 1. The molecule has 0 fully saturated rings. The highest BCUT2D eigenvalue weighted by Gasteiger charge is 2.05. The summed E-state index contributed by atoms with van der Waals surface area (Å²) in [6.07, 6.45) is 2.65. The Hall–Kier alpha value is -1.36. The maximum absolute atomic E-state index is 11.8.